The van der Waals surface area contributed by atoms with Gasteiger partial charge >= 0.3 is 5.97 Å². The summed E-state index contributed by atoms with van der Waals surface area (Å²) in [6, 6.07) is 13.5. The molecule has 0 fully saturated rings. The summed E-state index contributed by atoms with van der Waals surface area (Å²) in [5.41, 5.74) is 1.69. The van der Waals surface area contributed by atoms with E-state index in [2.05, 4.69) is 0 Å². The molecule has 0 amide bonds. The molecule has 2 aromatic carbocycles. The van der Waals surface area contributed by atoms with E-state index in [1.807, 2.05) is 42.5 Å². The number of rotatable bonds is 5. The van der Waals surface area contributed by atoms with Gasteiger partial charge < -0.3 is 13.9 Å². The number of carbonyl (C=O) groups excluding carboxylic acids is 1. The molecule has 3 rings (SSSR count). The molecule has 0 radical (unpaired) electrons. The molecule has 0 aliphatic heterocycles. The molecule has 21 heavy (non-hydrogen) atoms. The Labute approximate surface area is 122 Å². The minimum atomic E-state index is -0.243. The summed E-state index contributed by atoms with van der Waals surface area (Å²) in [5.74, 6) is 0.477. The molecule has 0 spiro atoms. The third kappa shape index (κ3) is 2.84. The second-order valence-corrected chi connectivity index (χ2v) is 4.66. The molecule has 4 nitrogen and oxygen atoms in total. The van der Waals surface area contributed by atoms with Gasteiger partial charge in [-0.2, -0.15) is 0 Å². The Morgan fingerprint density at radius 3 is 2.76 bits per heavy atom. The van der Waals surface area contributed by atoms with Crippen molar-refractivity contribution in [3.05, 3.63) is 42.5 Å². The molecule has 108 valence electrons. The van der Waals surface area contributed by atoms with E-state index in [1.165, 1.54) is 0 Å². The monoisotopic (exact) mass is 284 g/mol. The zero-order valence-corrected chi connectivity index (χ0v) is 11.8. The van der Waals surface area contributed by atoms with Gasteiger partial charge in [-0.1, -0.05) is 18.2 Å². The van der Waals surface area contributed by atoms with E-state index in [1.54, 1.807) is 6.92 Å². The van der Waals surface area contributed by atoms with Crippen molar-refractivity contribution in [1.82, 2.24) is 0 Å². The van der Waals surface area contributed by atoms with E-state index < -0.39 is 0 Å². The maximum Gasteiger partial charge on any atom is 0.309 e. The first-order chi connectivity index (χ1) is 10.3. The first-order valence-corrected chi connectivity index (χ1v) is 6.97. The van der Waals surface area contributed by atoms with E-state index in [0.29, 0.717) is 13.2 Å². The lowest BCUT2D eigenvalue weighted by Crippen LogP contribution is -2.09. The van der Waals surface area contributed by atoms with Gasteiger partial charge in [0.15, 0.2) is 0 Å². The van der Waals surface area contributed by atoms with Crippen molar-refractivity contribution in [3.63, 3.8) is 0 Å². The fraction of sp³-hybridized carbons (Fsp3) is 0.235. The van der Waals surface area contributed by atoms with Crippen LogP contribution in [-0.2, 0) is 9.53 Å². The van der Waals surface area contributed by atoms with Gasteiger partial charge in [-0.25, -0.2) is 0 Å². The second kappa shape index (κ2) is 5.87. The van der Waals surface area contributed by atoms with Crippen molar-refractivity contribution in [2.24, 2.45) is 0 Å². The average Bonchev–Trinajstić information content (AvgIpc) is 2.86. The number of fused-ring (bicyclic) bond motifs is 3. The molecule has 0 saturated heterocycles. The summed E-state index contributed by atoms with van der Waals surface area (Å²) in [6.07, 6.45) is 0.248. The fourth-order valence-electron chi connectivity index (χ4n) is 2.28. The standard InChI is InChI=1S/C17H16O4/c1-2-19-17(18)9-10-20-12-7-8-16-14(11-12)13-5-3-4-6-15(13)21-16/h3-8,11H,2,9-10H2,1H3. The quantitative estimate of drug-likeness (QED) is 0.666. The Balaban J connectivity index is 1.77. The Morgan fingerprint density at radius 1 is 1.10 bits per heavy atom. The van der Waals surface area contributed by atoms with Gasteiger partial charge in [-0.15, -0.1) is 0 Å². The van der Waals surface area contributed by atoms with Crippen LogP contribution in [0.4, 0.5) is 0 Å². The van der Waals surface area contributed by atoms with Crippen LogP contribution in [-0.4, -0.2) is 19.2 Å². The Kier molecular flexibility index (Phi) is 3.77. The average molecular weight is 284 g/mol. The predicted octanol–water partition coefficient (Wildman–Crippen LogP) is 3.92. The van der Waals surface area contributed by atoms with Crippen molar-refractivity contribution >= 4 is 27.9 Å². The van der Waals surface area contributed by atoms with Crippen molar-refractivity contribution in [2.45, 2.75) is 13.3 Å². The van der Waals surface area contributed by atoms with Gasteiger partial charge in [-0.05, 0) is 31.2 Å². The molecule has 0 bridgehead atoms. The molecule has 0 aliphatic carbocycles. The normalized spacial score (nSPS) is 10.9. The summed E-state index contributed by atoms with van der Waals surface area (Å²) in [4.78, 5) is 11.3. The molecule has 0 saturated carbocycles. The highest BCUT2D eigenvalue weighted by Crippen LogP contribution is 2.31. The van der Waals surface area contributed by atoms with Crippen LogP contribution in [0.2, 0.25) is 0 Å². The third-order valence-corrected chi connectivity index (χ3v) is 3.23. The lowest BCUT2D eigenvalue weighted by atomic mass is 10.1. The number of ether oxygens (including phenoxy) is 2. The van der Waals surface area contributed by atoms with Gasteiger partial charge in [0, 0.05) is 10.8 Å². The van der Waals surface area contributed by atoms with E-state index in [-0.39, 0.29) is 12.4 Å². The summed E-state index contributed by atoms with van der Waals surface area (Å²) < 4.78 is 16.2. The predicted molar refractivity (Wildman–Crippen MR) is 80.5 cm³/mol. The van der Waals surface area contributed by atoms with Crippen molar-refractivity contribution in [3.8, 4) is 5.75 Å². The number of benzene rings is 2. The number of para-hydroxylation sites is 1. The van der Waals surface area contributed by atoms with Crippen LogP contribution in [0.15, 0.2) is 46.9 Å². The number of hydrogen-bond acceptors (Lipinski definition) is 4. The molecule has 3 aromatic rings. The van der Waals surface area contributed by atoms with Crippen LogP contribution >= 0.6 is 0 Å². The minimum Gasteiger partial charge on any atom is -0.493 e. The maximum absolute atomic E-state index is 11.3. The lowest BCUT2D eigenvalue weighted by Gasteiger charge is -2.05. The smallest absolute Gasteiger partial charge is 0.309 e. The van der Waals surface area contributed by atoms with E-state index >= 15 is 0 Å². The van der Waals surface area contributed by atoms with E-state index in [9.17, 15) is 4.79 Å². The van der Waals surface area contributed by atoms with Gasteiger partial charge in [0.2, 0.25) is 0 Å². The lowest BCUT2D eigenvalue weighted by molar-refractivity contribution is -0.143. The highest BCUT2D eigenvalue weighted by molar-refractivity contribution is 6.05. The van der Waals surface area contributed by atoms with Crippen LogP contribution < -0.4 is 4.74 Å². The largest absolute Gasteiger partial charge is 0.493 e. The molecule has 4 heteroatoms. The fourth-order valence-corrected chi connectivity index (χ4v) is 2.28. The highest BCUT2D eigenvalue weighted by Gasteiger charge is 2.08. The zero-order chi connectivity index (χ0) is 14.7. The third-order valence-electron chi connectivity index (χ3n) is 3.23. The molecular weight excluding hydrogens is 268 g/mol. The van der Waals surface area contributed by atoms with Gasteiger partial charge in [0.05, 0.1) is 19.6 Å². The number of hydrogen-bond donors (Lipinski definition) is 0. The van der Waals surface area contributed by atoms with Crippen LogP contribution in [0.25, 0.3) is 21.9 Å². The first-order valence-electron chi connectivity index (χ1n) is 6.97. The van der Waals surface area contributed by atoms with Crippen molar-refractivity contribution < 1.29 is 18.7 Å². The molecule has 1 aromatic heterocycles. The summed E-state index contributed by atoms with van der Waals surface area (Å²) in [7, 11) is 0. The van der Waals surface area contributed by atoms with Crippen molar-refractivity contribution in [1.29, 1.82) is 0 Å². The SMILES string of the molecule is CCOC(=O)CCOc1ccc2oc3ccccc3c2c1. The Morgan fingerprint density at radius 2 is 1.90 bits per heavy atom. The van der Waals surface area contributed by atoms with Crippen LogP contribution in [0.5, 0.6) is 5.75 Å². The van der Waals surface area contributed by atoms with Crippen molar-refractivity contribution in [2.75, 3.05) is 13.2 Å². The van der Waals surface area contributed by atoms with E-state index in [4.69, 9.17) is 13.9 Å². The minimum absolute atomic E-state index is 0.243. The first kappa shape index (κ1) is 13.5. The molecule has 0 unspecified atom stereocenters. The van der Waals surface area contributed by atoms with Gasteiger partial charge in [0.1, 0.15) is 16.9 Å². The Bertz CT molecular complexity index is 773. The zero-order valence-electron chi connectivity index (χ0n) is 11.8. The van der Waals surface area contributed by atoms with Crippen LogP contribution in [0, 0.1) is 0 Å². The molecule has 1 heterocycles. The molecule has 0 atom stereocenters. The second-order valence-electron chi connectivity index (χ2n) is 4.66. The van der Waals surface area contributed by atoms with Gasteiger partial charge in [0.25, 0.3) is 0 Å². The van der Waals surface area contributed by atoms with Gasteiger partial charge in [-0.3, -0.25) is 4.79 Å². The maximum atomic E-state index is 11.3. The topological polar surface area (TPSA) is 48.7 Å². The van der Waals surface area contributed by atoms with E-state index in [0.717, 1.165) is 27.7 Å². The van der Waals surface area contributed by atoms with Crippen LogP contribution in [0.3, 0.4) is 0 Å². The summed E-state index contributed by atoms with van der Waals surface area (Å²) >= 11 is 0. The summed E-state index contributed by atoms with van der Waals surface area (Å²) in [6.45, 7) is 2.49. The molecule has 0 aliphatic rings. The number of esters is 1. The number of carbonyl (C=O) groups is 1. The van der Waals surface area contributed by atoms with Crippen LogP contribution in [0.1, 0.15) is 13.3 Å². The molecule has 0 N–H and O–H groups in total. The highest BCUT2D eigenvalue weighted by atomic mass is 16.5. The molecular formula is C17H16O4. The Hall–Kier alpha value is -2.49. The number of furan rings is 1. The summed E-state index contributed by atoms with van der Waals surface area (Å²) in [5, 5.41) is 2.07.